The monoisotopic (exact) mass is 409 g/mol. The second kappa shape index (κ2) is 7.65. The van der Waals surface area contributed by atoms with Crippen molar-refractivity contribution in [1.29, 1.82) is 0 Å². The van der Waals surface area contributed by atoms with Gasteiger partial charge in [0.25, 0.3) is 0 Å². The van der Waals surface area contributed by atoms with Crippen molar-refractivity contribution < 1.29 is 14.3 Å². The number of likely N-dealkylation sites (tertiary alicyclic amines) is 1. The lowest BCUT2D eigenvalue weighted by molar-refractivity contribution is -0.121. The Bertz CT molecular complexity index is 1020. The maximum absolute atomic E-state index is 12.9. The first-order chi connectivity index (χ1) is 14.2. The van der Waals surface area contributed by atoms with Gasteiger partial charge in [-0.25, -0.2) is 4.98 Å². The van der Waals surface area contributed by atoms with E-state index >= 15 is 0 Å². The van der Waals surface area contributed by atoms with Crippen LogP contribution in [0.5, 0.6) is 11.5 Å². The number of amides is 1. The Hall–Kier alpha value is -2.64. The summed E-state index contributed by atoms with van der Waals surface area (Å²) in [5, 5.41) is 4.20. The number of fused-ring (bicyclic) bond motifs is 2. The van der Waals surface area contributed by atoms with E-state index in [0.717, 1.165) is 37.1 Å². The van der Waals surface area contributed by atoms with Gasteiger partial charge in [0.1, 0.15) is 0 Å². The fraction of sp³-hybridized carbons (Fsp3) is 0.364. The van der Waals surface area contributed by atoms with E-state index in [9.17, 15) is 4.79 Å². The lowest BCUT2D eigenvalue weighted by Crippen LogP contribution is -2.46. The van der Waals surface area contributed by atoms with Gasteiger partial charge in [0.2, 0.25) is 12.7 Å². The summed E-state index contributed by atoms with van der Waals surface area (Å²) >= 11 is 1.78. The quantitative estimate of drug-likeness (QED) is 0.699. The minimum Gasteiger partial charge on any atom is -0.454 e. The smallest absolute Gasteiger partial charge is 0.241 e. The fourth-order valence-corrected chi connectivity index (χ4v) is 5.10. The second-order valence-corrected chi connectivity index (χ2v) is 8.65. The lowest BCUT2D eigenvalue weighted by Gasteiger charge is -2.35. The van der Waals surface area contributed by atoms with Gasteiger partial charge in [0.15, 0.2) is 11.5 Å². The van der Waals surface area contributed by atoms with E-state index in [4.69, 9.17) is 14.5 Å². The maximum Gasteiger partial charge on any atom is 0.241 e. The third kappa shape index (κ3) is 3.68. The first-order valence-corrected chi connectivity index (χ1v) is 10.8. The number of carbonyl (C=O) groups is 1. The third-order valence-electron chi connectivity index (χ3n) is 5.68. The van der Waals surface area contributed by atoms with Gasteiger partial charge in [0.05, 0.1) is 21.3 Å². The highest BCUT2D eigenvalue weighted by Gasteiger charge is 2.30. The summed E-state index contributed by atoms with van der Waals surface area (Å²) in [6, 6.07) is 13.5. The number of nitrogens with zero attached hydrogens (tertiary/aromatic N) is 2. The summed E-state index contributed by atoms with van der Waals surface area (Å²) < 4.78 is 12.0. The van der Waals surface area contributed by atoms with Crippen molar-refractivity contribution in [3.63, 3.8) is 0 Å². The van der Waals surface area contributed by atoms with Gasteiger partial charge in [-0.3, -0.25) is 9.69 Å². The number of aromatic nitrogens is 1. The molecule has 7 heteroatoms. The molecule has 2 aliphatic rings. The van der Waals surface area contributed by atoms with Crippen LogP contribution in [-0.4, -0.2) is 41.7 Å². The zero-order valence-corrected chi connectivity index (χ0v) is 17.1. The molecule has 2 aliphatic heterocycles. The molecule has 2 atom stereocenters. The molecule has 5 rings (SSSR count). The Kier molecular flexibility index (Phi) is 4.85. The van der Waals surface area contributed by atoms with Crippen LogP contribution in [0.3, 0.4) is 0 Å². The number of piperidine rings is 1. The molecule has 3 aromatic rings. The van der Waals surface area contributed by atoms with Crippen LogP contribution < -0.4 is 14.8 Å². The van der Waals surface area contributed by atoms with Crippen molar-refractivity contribution in [2.45, 2.75) is 31.7 Å². The van der Waals surface area contributed by atoms with Gasteiger partial charge >= 0.3 is 0 Å². The summed E-state index contributed by atoms with van der Waals surface area (Å²) in [5.74, 6) is 1.76. The van der Waals surface area contributed by atoms with Crippen molar-refractivity contribution in [3.05, 3.63) is 47.5 Å². The third-order valence-corrected chi connectivity index (χ3v) is 6.88. The van der Waals surface area contributed by atoms with Crippen LogP contribution in [0.15, 0.2) is 42.5 Å². The molecule has 2 aromatic carbocycles. The second-order valence-electron chi connectivity index (χ2n) is 7.59. The molecule has 0 spiro atoms. The molecule has 3 heterocycles. The molecule has 1 saturated heterocycles. The predicted molar refractivity (Wildman–Crippen MR) is 114 cm³/mol. The SMILES string of the molecule is C[C@@H](C(=O)Nc1ccc2c(c1)OCO2)N1CCC[C@H](c2nc3ccccc3s2)C1. The van der Waals surface area contributed by atoms with Gasteiger partial charge in [-0.15, -0.1) is 11.3 Å². The fourth-order valence-electron chi connectivity index (χ4n) is 4.01. The van der Waals surface area contributed by atoms with Crippen LogP contribution in [-0.2, 0) is 4.79 Å². The minimum absolute atomic E-state index is 0.00573. The maximum atomic E-state index is 12.9. The van der Waals surface area contributed by atoms with Gasteiger partial charge in [-0.05, 0) is 50.6 Å². The Morgan fingerprint density at radius 2 is 2.10 bits per heavy atom. The van der Waals surface area contributed by atoms with Gasteiger partial charge < -0.3 is 14.8 Å². The largest absolute Gasteiger partial charge is 0.454 e. The normalized spacial score (nSPS) is 20.0. The molecule has 1 N–H and O–H groups in total. The van der Waals surface area contributed by atoms with Crippen LogP contribution in [0.1, 0.15) is 30.7 Å². The molecule has 0 bridgehead atoms. The van der Waals surface area contributed by atoms with Gasteiger partial charge in [0, 0.05) is 24.2 Å². The van der Waals surface area contributed by atoms with Gasteiger partial charge in [-0.2, -0.15) is 0 Å². The van der Waals surface area contributed by atoms with Crippen LogP contribution >= 0.6 is 11.3 Å². The van der Waals surface area contributed by atoms with E-state index in [1.165, 1.54) is 9.71 Å². The molecule has 1 fully saturated rings. The van der Waals surface area contributed by atoms with Crippen LogP contribution in [0, 0.1) is 0 Å². The Balaban J connectivity index is 1.26. The standard InChI is InChI=1S/C22H23N3O3S/c1-14(21(26)23-16-8-9-18-19(11-16)28-13-27-18)25-10-4-5-15(12-25)22-24-17-6-2-3-7-20(17)29-22/h2-3,6-9,11,14-15H,4-5,10,12-13H2,1H3,(H,23,26)/t14-,15-/m0/s1. The van der Waals surface area contributed by atoms with Crippen LogP contribution in [0.4, 0.5) is 5.69 Å². The van der Waals surface area contributed by atoms with E-state index in [1.807, 2.05) is 31.2 Å². The summed E-state index contributed by atoms with van der Waals surface area (Å²) in [6.07, 6.45) is 2.19. The van der Waals surface area contributed by atoms with Crippen LogP contribution in [0.2, 0.25) is 0 Å². The minimum atomic E-state index is -0.211. The highest BCUT2D eigenvalue weighted by Crippen LogP contribution is 2.35. The molecule has 6 nitrogen and oxygen atoms in total. The number of hydrogen-bond donors (Lipinski definition) is 1. The average molecular weight is 410 g/mol. The number of para-hydroxylation sites is 1. The average Bonchev–Trinajstić information content (AvgIpc) is 3.39. The van der Waals surface area contributed by atoms with Crippen molar-refractivity contribution in [3.8, 4) is 11.5 Å². The van der Waals surface area contributed by atoms with Crippen molar-refractivity contribution in [2.24, 2.45) is 0 Å². The predicted octanol–water partition coefficient (Wildman–Crippen LogP) is 4.23. The lowest BCUT2D eigenvalue weighted by atomic mass is 9.97. The van der Waals surface area contributed by atoms with Crippen molar-refractivity contribution >= 4 is 33.1 Å². The molecule has 0 unspecified atom stereocenters. The number of anilines is 1. The first kappa shape index (κ1) is 18.4. The molecule has 0 aliphatic carbocycles. The number of thiazole rings is 1. The van der Waals surface area contributed by atoms with Gasteiger partial charge in [-0.1, -0.05) is 12.1 Å². The topological polar surface area (TPSA) is 63.7 Å². The highest BCUT2D eigenvalue weighted by molar-refractivity contribution is 7.18. The molecular weight excluding hydrogens is 386 g/mol. The van der Waals surface area contributed by atoms with Crippen LogP contribution in [0.25, 0.3) is 10.2 Å². The Morgan fingerprint density at radius 1 is 1.24 bits per heavy atom. The van der Waals surface area contributed by atoms with E-state index < -0.39 is 0 Å². The number of carbonyl (C=O) groups excluding carboxylic acids is 1. The Labute approximate surface area is 173 Å². The summed E-state index contributed by atoms with van der Waals surface area (Å²) in [7, 11) is 0. The van der Waals surface area contributed by atoms with Crippen molar-refractivity contribution in [2.75, 3.05) is 25.2 Å². The first-order valence-electron chi connectivity index (χ1n) is 9.97. The van der Waals surface area contributed by atoms with E-state index in [-0.39, 0.29) is 18.7 Å². The zero-order valence-electron chi connectivity index (χ0n) is 16.3. The van der Waals surface area contributed by atoms with E-state index in [1.54, 1.807) is 11.3 Å². The molecule has 29 heavy (non-hydrogen) atoms. The molecule has 0 saturated carbocycles. The van der Waals surface area contributed by atoms with E-state index in [0.29, 0.717) is 17.4 Å². The molecule has 0 radical (unpaired) electrons. The number of ether oxygens (including phenoxy) is 2. The summed E-state index contributed by atoms with van der Waals surface area (Å²) in [4.78, 5) is 20.0. The molecule has 150 valence electrons. The number of rotatable bonds is 4. The van der Waals surface area contributed by atoms with E-state index in [2.05, 4.69) is 28.4 Å². The number of hydrogen-bond acceptors (Lipinski definition) is 6. The molecular formula is C22H23N3O3S. The molecule has 1 aromatic heterocycles. The summed E-state index contributed by atoms with van der Waals surface area (Å²) in [5.41, 5.74) is 1.80. The Morgan fingerprint density at radius 3 is 3.00 bits per heavy atom. The highest BCUT2D eigenvalue weighted by atomic mass is 32.1. The summed E-state index contributed by atoms with van der Waals surface area (Å²) in [6.45, 7) is 3.99. The number of nitrogens with one attached hydrogen (secondary N) is 1. The van der Waals surface area contributed by atoms with Crippen molar-refractivity contribution in [1.82, 2.24) is 9.88 Å². The number of benzene rings is 2. The zero-order chi connectivity index (χ0) is 19.8. The molecule has 1 amide bonds.